The quantitative estimate of drug-likeness (QED) is 0.289. The molecule has 0 N–H and O–H groups in total. The van der Waals surface area contributed by atoms with Crippen molar-refractivity contribution in [3.63, 3.8) is 0 Å². The van der Waals surface area contributed by atoms with Crippen molar-refractivity contribution in [2.24, 2.45) is 17.8 Å². The van der Waals surface area contributed by atoms with Crippen molar-refractivity contribution >= 4 is 25.8 Å². The van der Waals surface area contributed by atoms with E-state index >= 15 is 0 Å². The molecular weight excluding hydrogens is 479 g/mol. The minimum absolute atomic E-state index is 0.121. The molecule has 0 aromatic heterocycles. The molecule has 0 radical (unpaired) electrons. The van der Waals surface area contributed by atoms with Crippen LogP contribution in [0.2, 0.25) is 18.1 Å². The predicted molar refractivity (Wildman–Crippen MR) is 165 cm³/mol. The second kappa shape index (κ2) is 10.5. The topological polar surface area (TPSA) is 18.5 Å². The third-order valence-corrected chi connectivity index (χ3v) is 16.5. The lowest BCUT2D eigenvalue weighted by molar-refractivity contribution is -0.00587. The van der Waals surface area contributed by atoms with E-state index in [1.54, 1.807) is 10.8 Å². The van der Waals surface area contributed by atoms with Gasteiger partial charge in [-0.15, -0.1) is 0 Å². The Bertz CT molecular complexity index is 1100. The van der Waals surface area contributed by atoms with Gasteiger partial charge in [-0.3, -0.25) is 0 Å². The van der Waals surface area contributed by atoms with Crippen LogP contribution in [0.1, 0.15) is 98.0 Å². The summed E-state index contributed by atoms with van der Waals surface area (Å²) in [6.07, 6.45) is 12.6. The van der Waals surface area contributed by atoms with Crippen molar-refractivity contribution in [1.29, 1.82) is 0 Å². The Morgan fingerprint density at radius 1 is 0.868 bits per heavy atom. The van der Waals surface area contributed by atoms with E-state index in [9.17, 15) is 0 Å². The molecule has 0 atom stereocenters. The van der Waals surface area contributed by atoms with E-state index in [4.69, 9.17) is 9.31 Å². The molecule has 204 valence electrons. The van der Waals surface area contributed by atoms with Gasteiger partial charge in [0, 0.05) is 17.1 Å². The van der Waals surface area contributed by atoms with Gasteiger partial charge in [-0.1, -0.05) is 99.8 Å². The van der Waals surface area contributed by atoms with Crippen molar-refractivity contribution in [2.45, 2.75) is 122 Å². The van der Waals surface area contributed by atoms with E-state index < -0.39 is 8.07 Å². The molecule has 38 heavy (non-hydrogen) atoms. The molecule has 7 rings (SSSR count). The SMILES string of the molecule is CCC[Si](CCC)(CCC)c1cc2c(c(C34CC5CC(CC(C5)C3)C4)c1)OB(OC(C)C)c1ccccc1-2. The molecule has 4 saturated carbocycles. The minimum atomic E-state index is -1.63. The highest BCUT2D eigenvalue weighted by Gasteiger charge is 2.54. The van der Waals surface area contributed by atoms with Crippen LogP contribution in [0.3, 0.4) is 0 Å². The number of rotatable bonds is 10. The fourth-order valence-electron chi connectivity index (χ4n) is 9.81. The standard InChI is InChI=1S/C34H49BO2Si/c1-6-13-38(14-7-2,15-8-3)28-19-30-29-11-9-10-12-32(29)35(36-24(4)5)37-33(30)31(20-28)34-21-25-16-26(22-34)18-27(17-25)23-34/h9-12,19-20,24-27H,6-8,13-18,21-23H2,1-5H3. The van der Waals surface area contributed by atoms with Crippen LogP contribution in [-0.4, -0.2) is 21.3 Å². The first-order valence-corrected chi connectivity index (χ1v) is 18.6. The van der Waals surface area contributed by atoms with Crippen molar-refractivity contribution in [1.82, 2.24) is 0 Å². The van der Waals surface area contributed by atoms with Crippen LogP contribution >= 0.6 is 0 Å². The van der Waals surface area contributed by atoms with Gasteiger partial charge in [0.15, 0.2) is 0 Å². The fraction of sp³-hybridized carbons (Fsp3) is 0.647. The molecule has 4 fully saturated rings. The third kappa shape index (κ3) is 4.52. The van der Waals surface area contributed by atoms with Gasteiger partial charge in [0.05, 0.1) is 8.07 Å². The van der Waals surface area contributed by atoms with Gasteiger partial charge in [-0.25, -0.2) is 0 Å². The largest absolute Gasteiger partial charge is 0.563 e. The number of hydrogen-bond acceptors (Lipinski definition) is 2. The number of benzene rings is 2. The Kier molecular flexibility index (Phi) is 7.35. The molecule has 4 heteroatoms. The zero-order valence-corrected chi connectivity index (χ0v) is 25.7. The maximum atomic E-state index is 7.03. The van der Waals surface area contributed by atoms with Crippen molar-refractivity contribution in [3.05, 3.63) is 42.0 Å². The van der Waals surface area contributed by atoms with E-state index in [1.807, 2.05) is 0 Å². The highest BCUT2D eigenvalue weighted by atomic mass is 28.3. The Morgan fingerprint density at radius 2 is 1.45 bits per heavy atom. The summed E-state index contributed by atoms with van der Waals surface area (Å²) in [5, 5.41) is 1.73. The number of hydrogen-bond donors (Lipinski definition) is 0. The highest BCUT2D eigenvalue weighted by Crippen LogP contribution is 2.62. The van der Waals surface area contributed by atoms with Gasteiger partial charge in [0.25, 0.3) is 0 Å². The molecule has 0 saturated heterocycles. The summed E-state index contributed by atoms with van der Waals surface area (Å²) in [7, 11) is -1.95. The fourth-order valence-corrected chi connectivity index (χ4v) is 15.2. The molecule has 4 bridgehead atoms. The lowest BCUT2D eigenvalue weighted by Gasteiger charge is -2.57. The van der Waals surface area contributed by atoms with Crippen LogP contribution in [0.4, 0.5) is 0 Å². The van der Waals surface area contributed by atoms with Crippen LogP contribution in [-0.2, 0) is 10.1 Å². The maximum Gasteiger partial charge on any atom is 0.563 e. The highest BCUT2D eigenvalue weighted by molar-refractivity contribution is 6.92. The summed E-state index contributed by atoms with van der Waals surface area (Å²) in [5.74, 6) is 3.93. The molecule has 1 heterocycles. The van der Waals surface area contributed by atoms with Gasteiger partial charge >= 0.3 is 7.12 Å². The van der Waals surface area contributed by atoms with Crippen LogP contribution in [0.5, 0.6) is 5.75 Å². The summed E-state index contributed by atoms with van der Waals surface area (Å²) >= 11 is 0. The molecule has 2 nitrogen and oxygen atoms in total. The minimum Gasteiger partial charge on any atom is -0.532 e. The Hall–Kier alpha value is -1.52. The normalized spacial score (nSPS) is 27.4. The summed E-state index contributed by atoms with van der Waals surface area (Å²) in [6.45, 7) is 11.5. The first kappa shape index (κ1) is 26.7. The van der Waals surface area contributed by atoms with Gasteiger partial charge in [-0.2, -0.15) is 0 Å². The van der Waals surface area contributed by atoms with Crippen molar-refractivity contribution < 1.29 is 9.31 Å². The Morgan fingerprint density at radius 3 is 2.00 bits per heavy atom. The molecular formula is C34H49BO2Si. The molecule has 0 unspecified atom stereocenters. The lowest BCUT2D eigenvalue weighted by atomic mass is 9.47. The molecule has 1 aliphatic heterocycles. The molecule has 5 aliphatic rings. The Labute approximate surface area is 233 Å². The van der Waals surface area contributed by atoms with Gasteiger partial charge < -0.3 is 9.31 Å². The van der Waals surface area contributed by atoms with Crippen molar-refractivity contribution in [2.75, 3.05) is 0 Å². The first-order valence-electron chi connectivity index (χ1n) is 16.0. The molecule has 2 aromatic carbocycles. The van der Waals surface area contributed by atoms with Crippen molar-refractivity contribution in [3.8, 4) is 16.9 Å². The lowest BCUT2D eigenvalue weighted by Crippen LogP contribution is -2.52. The summed E-state index contributed by atoms with van der Waals surface area (Å²) in [4.78, 5) is 0. The number of fused-ring (bicyclic) bond motifs is 3. The van der Waals surface area contributed by atoms with Crippen LogP contribution in [0.15, 0.2) is 36.4 Å². The second-order valence-corrected chi connectivity index (χ2v) is 18.5. The maximum absolute atomic E-state index is 7.03. The van der Waals surface area contributed by atoms with Crippen LogP contribution < -0.4 is 15.3 Å². The Balaban J connectivity index is 1.58. The molecule has 0 spiro atoms. The summed E-state index contributed by atoms with van der Waals surface area (Å²) in [5.41, 5.74) is 5.80. The summed E-state index contributed by atoms with van der Waals surface area (Å²) < 4.78 is 13.5. The van der Waals surface area contributed by atoms with Gasteiger partial charge in [0.1, 0.15) is 5.75 Å². The van der Waals surface area contributed by atoms with Gasteiger partial charge in [-0.05, 0) is 86.7 Å². The van der Waals surface area contributed by atoms with E-state index in [1.165, 1.54) is 98.3 Å². The zero-order chi connectivity index (χ0) is 26.5. The predicted octanol–water partition coefficient (Wildman–Crippen LogP) is 8.22. The average molecular weight is 529 g/mol. The van der Waals surface area contributed by atoms with E-state index in [0.29, 0.717) is 5.41 Å². The molecule has 4 aliphatic carbocycles. The third-order valence-electron chi connectivity index (χ3n) is 10.6. The zero-order valence-electron chi connectivity index (χ0n) is 24.7. The monoisotopic (exact) mass is 528 g/mol. The smallest absolute Gasteiger partial charge is 0.532 e. The molecule has 0 amide bonds. The van der Waals surface area contributed by atoms with E-state index in [-0.39, 0.29) is 13.2 Å². The second-order valence-electron chi connectivity index (χ2n) is 13.9. The summed E-state index contributed by atoms with van der Waals surface area (Å²) in [6, 6.07) is 18.5. The van der Waals surface area contributed by atoms with Crippen LogP contribution in [0, 0.1) is 17.8 Å². The van der Waals surface area contributed by atoms with Gasteiger partial charge in [0.2, 0.25) is 0 Å². The first-order chi connectivity index (χ1) is 18.4. The van der Waals surface area contributed by atoms with Crippen LogP contribution in [0.25, 0.3) is 11.1 Å². The van der Waals surface area contributed by atoms with E-state index in [0.717, 1.165) is 17.8 Å². The average Bonchev–Trinajstić information content (AvgIpc) is 2.87. The van der Waals surface area contributed by atoms with E-state index in [2.05, 4.69) is 71.0 Å². The molecule has 2 aromatic rings.